The number of rotatable bonds is 6. The highest BCUT2D eigenvalue weighted by Crippen LogP contribution is 2.23. The number of aromatic nitrogens is 1. The van der Waals surface area contributed by atoms with E-state index in [4.69, 9.17) is 0 Å². The van der Waals surface area contributed by atoms with Gasteiger partial charge in [-0.2, -0.15) is 0 Å². The van der Waals surface area contributed by atoms with Crippen molar-refractivity contribution in [2.75, 3.05) is 25.0 Å². The molecule has 0 unspecified atom stereocenters. The maximum absolute atomic E-state index is 12.5. The van der Waals surface area contributed by atoms with Crippen molar-refractivity contribution < 1.29 is 13.2 Å². The molecule has 8 heteroatoms. The Morgan fingerprint density at radius 3 is 2.39 bits per heavy atom. The summed E-state index contributed by atoms with van der Waals surface area (Å²) in [6.07, 6.45) is 2.86. The average molecular weight is 403 g/mol. The molecule has 1 aliphatic heterocycles. The van der Waals surface area contributed by atoms with Crippen LogP contribution < -0.4 is 14.9 Å². The molecule has 1 aliphatic rings. The highest BCUT2D eigenvalue weighted by Gasteiger charge is 2.25. The van der Waals surface area contributed by atoms with Crippen LogP contribution >= 0.6 is 0 Å². The quantitative estimate of drug-likeness (QED) is 0.769. The van der Waals surface area contributed by atoms with Crippen LogP contribution in [0.1, 0.15) is 24.0 Å². The topological polar surface area (TPSA) is 91.4 Å². The third-order valence-corrected chi connectivity index (χ3v) is 6.48. The molecule has 28 heavy (non-hydrogen) atoms. The predicted octanol–water partition coefficient (Wildman–Crippen LogP) is 1.83. The molecule has 2 N–H and O–H groups in total. The Morgan fingerprint density at radius 1 is 1.14 bits per heavy atom. The summed E-state index contributed by atoms with van der Waals surface area (Å²) in [5.41, 5.74) is 2.30. The summed E-state index contributed by atoms with van der Waals surface area (Å²) in [6, 6.07) is 11.4. The van der Waals surface area contributed by atoms with Crippen LogP contribution in [0.3, 0.4) is 0 Å². The van der Waals surface area contributed by atoms with Crippen LogP contribution in [-0.4, -0.2) is 39.4 Å². The van der Waals surface area contributed by atoms with Crippen molar-refractivity contribution in [3.8, 4) is 0 Å². The van der Waals surface area contributed by atoms with Crippen LogP contribution in [0, 0.1) is 12.8 Å². The summed E-state index contributed by atoms with van der Waals surface area (Å²) < 4.78 is 25.8. The number of carbonyl (C=O) groups is 1. The molecule has 1 saturated heterocycles. The van der Waals surface area contributed by atoms with Crippen molar-refractivity contribution in [1.29, 1.82) is 0 Å². The van der Waals surface area contributed by atoms with Gasteiger partial charge in [-0.3, -0.25) is 4.79 Å². The van der Waals surface area contributed by atoms with E-state index in [9.17, 15) is 13.2 Å². The fourth-order valence-corrected chi connectivity index (χ4v) is 3.92. The first-order chi connectivity index (χ1) is 13.4. The van der Waals surface area contributed by atoms with Crippen LogP contribution in [0.25, 0.3) is 0 Å². The van der Waals surface area contributed by atoms with Crippen molar-refractivity contribution in [1.82, 2.24) is 15.0 Å². The molecule has 0 aliphatic carbocycles. The third kappa shape index (κ3) is 4.88. The van der Waals surface area contributed by atoms with Crippen molar-refractivity contribution in [2.45, 2.75) is 31.2 Å². The molecular weight excluding hydrogens is 376 g/mol. The number of benzene rings is 1. The lowest BCUT2D eigenvalue weighted by molar-refractivity contribution is -0.125. The molecule has 1 amide bonds. The molecule has 7 nitrogen and oxygen atoms in total. The number of carbonyl (C=O) groups excluding carboxylic acids is 1. The first-order valence-electron chi connectivity index (χ1n) is 9.37. The van der Waals surface area contributed by atoms with E-state index in [0.717, 1.165) is 24.2 Å². The molecule has 3 rings (SSSR count). The molecule has 1 aromatic heterocycles. The molecule has 0 atom stereocenters. The van der Waals surface area contributed by atoms with Gasteiger partial charge in [0.1, 0.15) is 10.7 Å². The Bertz CT molecular complexity index is 903. The lowest BCUT2D eigenvalue weighted by atomic mass is 9.96. The van der Waals surface area contributed by atoms with E-state index in [2.05, 4.69) is 19.9 Å². The molecule has 0 bridgehead atoms. The van der Waals surface area contributed by atoms with Gasteiger partial charge in [0.05, 0.1) is 0 Å². The van der Waals surface area contributed by atoms with E-state index in [1.807, 2.05) is 31.2 Å². The van der Waals surface area contributed by atoms with Gasteiger partial charge in [0.2, 0.25) is 15.9 Å². The van der Waals surface area contributed by atoms with Gasteiger partial charge in [0, 0.05) is 31.7 Å². The third-order valence-electron chi connectivity index (χ3n) is 5.08. The zero-order chi connectivity index (χ0) is 20.1. The van der Waals surface area contributed by atoms with Gasteiger partial charge >= 0.3 is 0 Å². The van der Waals surface area contributed by atoms with Gasteiger partial charge in [-0.25, -0.2) is 18.1 Å². The number of nitrogens with one attached hydrogen (secondary N) is 2. The minimum absolute atomic E-state index is 0.00867. The minimum Gasteiger partial charge on any atom is -0.357 e. The second-order valence-corrected chi connectivity index (χ2v) is 8.91. The van der Waals surface area contributed by atoms with Gasteiger partial charge < -0.3 is 10.2 Å². The van der Waals surface area contributed by atoms with E-state index >= 15 is 0 Å². The number of hydrogen-bond acceptors (Lipinski definition) is 5. The summed E-state index contributed by atoms with van der Waals surface area (Å²) >= 11 is 0. The molecule has 1 fully saturated rings. The Labute approximate surface area is 166 Å². The molecule has 150 valence electrons. The van der Waals surface area contributed by atoms with Gasteiger partial charge in [-0.1, -0.05) is 29.8 Å². The molecule has 0 saturated carbocycles. The highest BCUT2D eigenvalue weighted by atomic mass is 32.2. The van der Waals surface area contributed by atoms with E-state index in [-0.39, 0.29) is 16.7 Å². The van der Waals surface area contributed by atoms with E-state index in [1.54, 1.807) is 12.1 Å². The standard InChI is InChI=1S/C20H26N4O3S/c1-15-3-5-16(6-4-15)13-23-20(25)17-9-11-24(12-10-17)19-8-7-18(14-22-19)28(26,27)21-2/h3-8,14,17,21H,9-13H2,1-2H3,(H,23,25). The van der Waals surface area contributed by atoms with Gasteiger partial charge in [-0.15, -0.1) is 0 Å². The van der Waals surface area contributed by atoms with Gasteiger partial charge in [0.25, 0.3) is 0 Å². The van der Waals surface area contributed by atoms with Crippen molar-refractivity contribution in [3.63, 3.8) is 0 Å². The molecule has 2 aromatic rings. The average Bonchev–Trinajstić information content (AvgIpc) is 2.73. The first-order valence-corrected chi connectivity index (χ1v) is 10.8. The number of amides is 1. The first kappa shape index (κ1) is 20.3. The smallest absolute Gasteiger partial charge is 0.241 e. The zero-order valence-electron chi connectivity index (χ0n) is 16.2. The summed E-state index contributed by atoms with van der Waals surface area (Å²) in [4.78, 5) is 19.0. The van der Waals surface area contributed by atoms with Crippen LogP contribution in [0.15, 0.2) is 47.5 Å². The zero-order valence-corrected chi connectivity index (χ0v) is 17.0. The Hall–Kier alpha value is -2.45. The summed E-state index contributed by atoms with van der Waals surface area (Å²) in [5, 5.41) is 3.03. The van der Waals surface area contributed by atoms with Crippen molar-refractivity contribution in [2.24, 2.45) is 5.92 Å². The maximum Gasteiger partial charge on any atom is 0.241 e. The van der Waals surface area contributed by atoms with Gasteiger partial charge in [0.15, 0.2) is 0 Å². The van der Waals surface area contributed by atoms with E-state index in [1.165, 1.54) is 18.8 Å². The summed E-state index contributed by atoms with van der Waals surface area (Å²) in [5.74, 6) is 0.808. The van der Waals surface area contributed by atoms with Crippen LogP contribution in [0.2, 0.25) is 0 Å². The number of nitrogens with zero attached hydrogens (tertiary/aromatic N) is 2. The normalized spacial score (nSPS) is 15.4. The SMILES string of the molecule is CNS(=O)(=O)c1ccc(N2CCC(C(=O)NCc3ccc(C)cc3)CC2)nc1. The monoisotopic (exact) mass is 402 g/mol. The number of sulfonamides is 1. The summed E-state index contributed by atoms with van der Waals surface area (Å²) in [6.45, 7) is 4.02. The summed E-state index contributed by atoms with van der Waals surface area (Å²) in [7, 11) is -2.11. The second-order valence-electron chi connectivity index (χ2n) is 7.02. The minimum atomic E-state index is -3.48. The van der Waals surface area contributed by atoms with Crippen LogP contribution in [0.5, 0.6) is 0 Å². The number of piperidine rings is 1. The van der Waals surface area contributed by atoms with Crippen molar-refractivity contribution >= 4 is 21.7 Å². The van der Waals surface area contributed by atoms with Crippen molar-refractivity contribution in [3.05, 3.63) is 53.7 Å². The van der Waals surface area contributed by atoms with E-state index < -0.39 is 10.0 Å². The molecular formula is C20H26N4O3S. The number of hydrogen-bond donors (Lipinski definition) is 2. The molecule has 2 heterocycles. The fraction of sp³-hybridized carbons (Fsp3) is 0.400. The highest BCUT2D eigenvalue weighted by molar-refractivity contribution is 7.89. The number of aryl methyl sites for hydroxylation is 1. The number of anilines is 1. The van der Waals surface area contributed by atoms with Gasteiger partial charge in [-0.05, 0) is 44.5 Å². The van der Waals surface area contributed by atoms with E-state index in [0.29, 0.717) is 19.6 Å². The van der Waals surface area contributed by atoms with Crippen LogP contribution in [0.4, 0.5) is 5.82 Å². The van der Waals surface area contributed by atoms with Crippen LogP contribution in [-0.2, 0) is 21.4 Å². The fourth-order valence-electron chi connectivity index (χ4n) is 3.25. The predicted molar refractivity (Wildman–Crippen MR) is 108 cm³/mol. The largest absolute Gasteiger partial charge is 0.357 e. The number of pyridine rings is 1. The molecule has 0 spiro atoms. The Kier molecular flexibility index (Phi) is 6.31. The second kappa shape index (κ2) is 8.70. The Balaban J connectivity index is 1.51. The molecule has 0 radical (unpaired) electrons. The lowest BCUT2D eigenvalue weighted by Crippen LogP contribution is -2.40. The lowest BCUT2D eigenvalue weighted by Gasteiger charge is -2.32. The Morgan fingerprint density at radius 2 is 1.82 bits per heavy atom. The maximum atomic E-state index is 12.5. The molecule has 1 aromatic carbocycles.